The van der Waals surface area contributed by atoms with Gasteiger partial charge in [-0.25, -0.2) is 0 Å². The van der Waals surface area contributed by atoms with Crippen molar-refractivity contribution in [3.63, 3.8) is 0 Å². The summed E-state index contributed by atoms with van der Waals surface area (Å²) in [7, 11) is 6.25. The zero-order valence-corrected chi connectivity index (χ0v) is 9.03. The van der Waals surface area contributed by atoms with Gasteiger partial charge in [0.05, 0.1) is 27.1 Å². The van der Waals surface area contributed by atoms with Crippen molar-refractivity contribution in [2.45, 2.75) is 13.8 Å². The first-order valence-corrected chi connectivity index (χ1v) is 3.52. The topological polar surface area (TPSA) is 44.6 Å². The van der Waals surface area contributed by atoms with Crippen LogP contribution < -0.4 is 22.4 Å². The van der Waals surface area contributed by atoms with E-state index in [0.29, 0.717) is 0 Å². The quantitative estimate of drug-likeness (QED) is 0.428. The van der Waals surface area contributed by atoms with Crippen molar-refractivity contribution in [3.8, 4) is 0 Å². The summed E-state index contributed by atoms with van der Waals surface area (Å²) in [6.45, 7) is 3.15. The molecule has 4 heteroatoms. The molecule has 0 aromatic heterocycles. The highest BCUT2D eigenvalue weighted by atomic mass is 35.5. The Hall–Kier alpha value is -0.540. The van der Waals surface area contributed by atoms with Gasteiger partial charge in [-0.05, 0) is 19.4 Å². The average molecular weight is 195 g/mol. The monoisotopic (exact) mass is 194 g/mol. The zero-order chi connectivity index (χ0) is 9.44. The first-order valence-electron chi connectivity index (χ1n) is 3.52. The molecule has 0 aliphatic heterocycles. The summed E-state index contributed by atoms with van der Waals surface area (Å²) < 4.78 is 0. The van der Waals surface area contributed by atoms with Crippen LogP contribution in [0.4, 0.5) is 0 Å². The second kappa shape index (κ2) is 10.5. The summed E-state index contributed by atoms with van der Waals surface area (Å²) in [6.07, 6.45) is 1.50. The maximum absolute atomic E-state index is 9.75. The van der Waals surface area contributed by atoms with Gasteiger partial charge in [-0.2, -0.15) is 0 Å². The highest BCUT2D eigenvalue weighted by Crippen LogP contribution is 1.85. The lowest BCUT2D eigenvalue weighted by Gasteiger charge is -1.96. The van der Waals surface area contributed by atoms with E-state index >= 15 is 0 Å². The Bertz CT molecular complexity index is 141. The molecule has 0 atom stereocenters. The molecule has 0 aliphatic carbocycles. The molecule has 0 rings (SSSR count). The highest BCUT2D eigenvalue weighted by Gasteiger charge is 1.80. The molecule has 0 aromatic rings. The summed E-state index contributed by atoms with van der Waals surface area (Å²) in [6, 6.07) is 0. The maximum atomic E-state index is 9.75. The highest BCUT2D eigenvalue weighted by molar-refractivity contribution is 5.83. The largest absolute Gasteiger partial charge is 1.00 e. The number of carbonyl (C=O) groups is 1. The summed E-state index contributed by atoms with van der Waals surface area (Å²) in [4.78, 5) is 11.2. The van der Waals surface area contributed by atoms with Gasteiger partial charge >= 0.3 is 0 Å². The van der Waals surface area contributed by atoms with Gasteiger partial charge < -0.3 is 27.2 Å². The number of nitrogens with one attached hydrogen (secondary N) is 1. The number of allylic oxidation sites excluding steroid dienone is 1. The van der Waals surface area contributed by atoms with Crippen LogP contribution in [0.25, 0.3) is 0 Å². The van der Waals surface area contributed by atoms with Crippen LogP contribution in [0.3, 0.4) is 0 Å². The molecule has 0 unspecified atom stereocenters. The Morgan fingerprint density at radius 1 is 1.33 bits per heavy atom. The Morgan fingerprint density at radius 3 is 1.58 bits per heavy atom. The van der Waals surface area contributed by atoms with E-state index in [9.17, 15) is 9.90 Å². The fourth-order valence-corrected chi connectivity index (χ4v) is 0.118. The average Bonchev–Trinajstić information content (AvgIpc) is 1.85. The van der Waals surface area contributed by atoms with Crippen LogP contribution in [-0.4, -0.2) is 27.1 Å². The number of hydrogen-bond donors (Lipinski definition) is 1. The number of carbonyl (C=O) groups excluding carboxylic acids is 1. The Labute approximate surface area is 80.5 Å². The van der Waals surface area contributed by atoms with Crippen LogP contribution >= 0.6 is 0 Å². The third kappa shape index (κ3) is 22.7. The van der Waals surface area contributed by atoms with Crippen molar-refractivity contribution in [2.75, 3.05) is 21.1 Å². The van der Waals surface area contributed by atoms with Gasteiger partial charge in [0.25, 0.3) is 0 Å². The third-order valence-electron chi connectivity index (χ3n) is 0.755. The predicted octanol–water partition coefficient (Wildman–Crippen LogP) is -4.53. The molecule has 0 amide bonds. The molecule has 3 nitrogen and oxygen atoms in total. The minimum atomic E-state index is -1.09. The molecule has 0 aromatic carbocycles. The lowest BCUT2D eigenvalue weighted by molar-refractivity contribution is -0.836. The molecule has 0 saturated heterocycles. The number of halogens is 1. The van der Waals surface area contributed by atoms with Gasteiger partial charge in [-0.1, -0.05) is 6.08 Å². The summed E-state index contributed by atoms with van der Waals surface area (Å²) in [5.41, 5.74) is 0.278. The molecule has 12 heavy (non-hydrogen) atoms. The van der Waals surface area contributed by atoms with E-state index < -0.39 is 5.97 Å². The number of carboxylic acids is 1. The Kier molecular flexibility index (Phi) is 15.3. The minimum absolute atomic E-state index is 0. The lowest BCUT2D eigenvalue weighted by Crippen LogP contribution is -3.02. The van der Waals surface area contributed by atoms with E-state index in [2.05, 4.69) is 21.1 Å². The van der Waals surface area contributed by atoms with Crippen molar-refractivity contribution in [1.82, 2.24) is 0 Å². The van der Waals surface area contributed by atoms with Gasteiger partial charge in [-0.3, -0.25) is 0 Å². The summed E-state index contributed by atoms with van der Waals surface area (Å²) >= 11 is 0. The fraction of sp³-hybridized carbons (Fsp3) is 0.625. The zero-order valence-electron chi connectivity index (χ0n) is 8.27. The number of quaternary nitrogens is 1. The molecule has 0 bridgehead atoms. The van der Waals surface area contributed by atoms with E-state index in [1.165, 1.54) is 17.9 Å². The van der Waals surface area contributed by atoms with Crippen LogP contribution in [0.1, 0.15) is 13.8 Å². The van der Waals surface area contributed by atoms with E-state index in [-0.39, 0.29) is 18.0 Å². The molecule has 0 spiro atoms. The molecule has 1 N–H and O–H groups in total. The maximum Gasteiger partial charge on any atom is 0.0668 e. The summed E-state index contributed by atoms with van der Waals surface area (Å²) in [5, 5.41) is 9.75. The number of aliphatic carboxylic acids is 1. The van der Waals surface area contributed by atoms with Crippen LogP contribution in [0.15, 0.2) is 11.6 Å². The van der Waals surface area contributed by atoms with E-state index in [1.54, 1.807) is 6.92 Å². The van der Waals surface area contributed by atoms with Gasteiger partial charge in [-0.15, -0.1) is 0 Å². The lowest BCUT2D eigenvalue weighted by atomic mass is 10.3. The first-order chi connectivity index (χ1) is 4.91. The summed E-state index contributed by atoms with van der Waals surface area (Å²) in [5.74, 6) is -1.09. The SMILES string of the molecule is CC=C(C)C(=O)[O-].C[NH+](C)C.[Cl-]. The third-order valence-corrected chi connectivity index (χ3v) is 0.755. The first kappa shape index (κ1) is 17.5. The van der Waals surface area contributed by atoms with Crippen LogP contribution in [0.5, 0.6) is 0 Å². The molecule has 0 aliphatic rings. The molecule has 0 saturated carbocycles. The van der Waals surface area contributed by atoms with E-state index in [0.717, 1.165) is 0 Å². The normalized spacial score (nSPS) is 9.67. The van der Waals surface area contributed by atoms with Crippen molar-refractivity contribution in [1.29, 1.82) is 0 Å². The number of carboxylic acid groups (broad SMARTS) is 1. The fourth-order valence-electron chi connectivity index (χ4n) is 0.118. The number of hydrogen-bond acceptors (Lipinski definition) is 2. The molecule has 74 valence electrons. The van der Waals surface area contributed by atoms with Crippen molar-refractivity contribution < 1.29 is 27.2 Å². The van der Waals surface area contributed by atoms with Crippen molar-refractivity contribution >= 4 is 5.97 Å². The van der Waals surface area contributed by atoms with Gasteiger partial charge in [0, 0.05) is 0 Å². The number of rotatable bonds is 1. The predicted molar refractivity (Wildman–Crippen MR) is 43.2 cm³/mol. The molecular weight excluding hydrogens is 178 g/mol. The minimum Gasteiger partial charge on any atom is -1.00 e. The Balaban J connectivity index is -0.000000142. The second-order valence-corrected chi connectivity index (χ2v) is 2.76. The van der Waals surface area contributed by atoms with Crippen LogP contribution in [-0.2, 0) is 4.79 Å². The Morgan fingerprint density at radius 2 is 1.58 bits per heavy atom. The molecule has 0 heterocycles. The molecular formula is C8H17ClNO2-. The van der Waals surface area contributed by atoms with E-state index in [1.807, 2.05) is 0 Å². The smallest absolute Gasteiger partial charge is 0.0668 e. The van der Waals surface area contributed by atoms with Gasteiger partial charge in [0.15, 0.2) is 0 Å². The van der Waals surface area contributed by atoms with E-state index in [4.69, 9.17) is 0 Å². The van der Waals surface area contributed by atoms with Crippen molar-refractivity contribution in [2.24, 2.45) is 0 Å². The molecule has 0 radical (unpaired) electrons. The van der Waals surface area contributed by atoms with Gasteiger partial charge in [0.1, 0.15) is 0 Å². The van der Waals surface area contributed by atoms with Gasteiger partial charge in [0.2, 0.25) is 0 Å². The van der Waals surface area contributed by atoms with Crippen LogP contribution in [0, 0.1) is 0 Å². The standard InChI is InChI=1S/C5H8O2.C3H9N.ClH/c1-3-4(2)5(6)7;1-4(2)3;/h3H,1-2H3,(H,6,7);1-3H3;1H/p-1. The second-order valence-electron chi connectivity index (χ2n) is 2.76. The van der Waals surface area contributed by atoms with Crippen LogP contribution in [0.2, 0.25) is 0 Å². The molecule has 0 fully saturated rings. The van der Waals surface area contributed by atoms with Crippen molar-refractivity contribution in [3.05, 3.63) is 11.6 Å².